The van der Waals surface area contributed by atoms with E-state index in [9.17, 15) is 19.1 Å². The van der Waals surface area contributed by atoms with Crippen LogP contribution in [0.15, 0.2) is 24.3 Å². The fraction of sp³-hybridized carbons (Fsp3) is 0.500. The van der Waals surface area contributed by atoms with Crippen molar-refractivity contribution in [2.24, 2.45) is 11.8 Å². The number of aliphatic hydroxyl groups is 1. The maximum absolute atomic E-state index is 13.2. The minimum Gasteiger partial charge on any atom is -0.387 e. The molecule has 0 bridgehead atoms. The van der Waals surface area contributed by atoms with E-state index in [0.717, 1.165) is 30.6 Å². The lowest BCUT2D eigenvalue weighted by Crippen LogP contribution is -2.35. The first-order valence-corrected chi connectivity index (χ1v) is 7.36. The molecule has 0 unspecified atom stereocenters. The van der Waals surface area contributed by atoms with E-state index in [1.54, 1.807) is 6.07 Å². The van der Waals surface area contributed by atoms with Crippen molar-refractivity contribution in [1.29, 1.82) is 0 Å². The number of imide groups is 1. The number of likely N-dealkylation sites (tertiary alicyclic amines) is 1. The van der Waals surface area contributed by atoms with E-state index in [1.807, 2.05) is 0 Å². The first kappa shape index (κ1) is 14.2. The molecule has 4 nitrogen and oxygen atoms in total. The summed E-state index contributed by atoms with van der Waals surface area (Å²) in [7, 11) is 0. The largest absolute Gasteiger partial charge is 0.387 e. The van der Waals surface area contributed by atoms with Gasteiger partial charge in [0.1, 0.15) is 5.82 Å². The summed E-state index contributed by atoms with van der Waals surface area (Å²) in [6.07, 6.45) is 2.40. The summed E-state index contributed by atoms with van der Waals surface area (Å²) < 4.78 is 13.2. The Morgan fingerprint density at radius 2 is 1.81 bits per heavy atom. The van der Waals surface area contributed by atoms with Gasteiger partial charge in [0.2, 0.25) is 11.8 Å². The van der Waals surface area contributed by atoms with E-state index >= 15 is 0 Å². The highest BCUT2D eigenvalue weighted by Gasteiger charge is 2.48. The molecule has 3 rings (SSSR count). The van der Waals surface area contributed by atoms with Gasteiger partial charge in [0.05, 0.1) is 24.5 Å². The first-order valence-electron chi connectivity index (χ1n) is 7.36. The van der Waals surface area contributed by atoms with Gasteiger partial charge >= 0.3 is 0 Å². The van der Waals surface area contributed by atoms with Gasteiger partial charge in [0.25, 0.3) is 0 Å². The number of nitrogens with zero attached hydrogens (tertiary/aromatic N) is 1. The molecule has 1 aromatic carbocycles. The van der Waals surface area contributed by atoms with Crippen LogP contribution in [0.3, 0.4) is 0 Å². The Hall–Kier alpha value is -1.75. The SMILES string of the molecule is O=C1[C@@H]2CCCC[C@H]2C(=O)N1C[C@H](O)c1cccc(F)c1. The van der Waals surface area contributed by atoms with Crippen molar-refractivity contribution in [1.82, 2.24) is 4.90 Å². The molecule has 0 aromatic heterocycles. The average Bonchev–Trinajstić information content (AvgIpc) is 2.73. The third kappa shape index (κ3) is 2.58. The lowest BCUT2D eigenvalue weighted by Gasteiger charge is -2.19. The van der Waals surface area contributed by atoms with E-state index in [1.165, 1.54) is 18.2 Å². The number of hydrogen-bond acceptors (Lipinski definition) is 3. The Labute approximate surface area is 122 Å². The fourth-order valence-electron chi connectivity index (χ4n) is 3.40. The molecule has 1 aromatic rings. The molecule has 1 aliphatic carbocycles. The molecule has 0 radical (unpaired) electrons. The van der Waals surface area contributed by atoms with Gasteiger partial charge < -0.3 is 5.11 Å². The third-order valence-electron chi connectivity index (χ3n) is 4.52. The molecule has 2 fully saturated rings. The Balaban J connectivity index is 1.75. The molecule has 112 valence electrons. The number of fused-ring (bicyclic) bond motifs is 1. The zero-order chi connectivity index (χ0) is 15.0. The Morgan fingerprint density at radius 1 is 1.19 bits per heavy atom. The number of carbonyl (C=O) groups excluding carboxylic acids is 2. The highest BCUT2D eigenvalue weighted by atomic mass is 19.1. The second kappa shape index (κ2) is 5.56. The molecule has 5 heteroatoms. The van der Waals surface area contributed by atoms with Crippen LogP contribution < -0.4 is 0 Å². The van der Waals surface area contributed by atoms with Crippen molar-refractivity contribution in [3.05, 3.63) is 35.6 Å². The van der Waals surface area contributed by atoms with Gasteiger partial charge in [0, 0.05) is 0 Å². The van der Waals surface area contributed by atoms with Crippen LogP contribution in [-0.2, 0) is 9.59 Å². The lowest BCUT2D eigenvalue weighted by atomic mass is 9.81. The van der Waals surface area contributed by atoms with Crippen LogP contribution in [0.25, 0.3) is 0 Å². The fourth-order valence-corrected chi connectivity index (χ4v) is 3.40. The third-order valence-corrected chi connectivity index (χ3v) is 4.52. The van der Waals surface area contributed by atoms with Crippen LogP contribution in [0.5, 0.6) is 0 Å². The lowest BCUT2D eigenvalue weighted by molar-refractivity contribution is -0.141. The maximum atomic E-state index is 13.2. The van der Waals surface area contributed by atoms with Crippen LogP contribution >= 0.6 is 0 Å². The minimum atomic E-state index is -1.05. The molecule has 1 N–H and O–H groups in total. The number of carbonyl (C=O) groups is 2. The molecular formula is C16H18FNO3. The number of halogens is 1. The monoisotopic (exact) mass is 291 g/mol. The van der Waals surface area contributed by atoms with E-state index < -0.39 is 11.9 Å². The molecule has 1 saturated heterocycles. The molecule has 1 saturated carbocycles. The summed E-state index contributed by atoms with van der Waals surface area (Å²) in [5.41, 5.74) is 0.380. The Bertz CT molecular complexity index is 550. The molecule has 1 aliphatic heterocycles. The van der Waals surface area contributed by atoms with Crippen molar-refractivity contribution < 1.29 is 19.1 Å². The molecule has 0 spiro atoms. The smallest absolute Gasteiger partial charge is 0.233 e. The number of β-amino-alcohol motifs (C(OH)–C–C–N with tert-alkyl or cyclic N) is 1. The van der Waals surface area contributed by atoms with E-state index in [0.29, 0.717) is 5.56 Å². The van der Waals surface area contributed by atoms with Gasteiger partial charge in [-0.25, -0.2) is 4.39 Å². The highest BCUT2D eigenvalue weighted by Crippen LogP contribution is 2.38. The number of amides is 2. The van der Waals surface area contributed by atoms with Crippen LogP contribution in [0, 0.1) is 17.7 Å². The second-order valence-corrected chi connectivity index (χ2v) is 5.86. The number of benzene rings is 1. The number of aliphatic hydroxyl groups excluding tert-OH is 1. The van der Waals surface area contributed by atoms with Crippen molar-refractivity contribution in [2.75, 3.05) is 6.54 Å². The van der Waals surface area contributed by atoms with Crippen molar-refractivity contribution in [2.45, 2.75) is 31.8 Å². The van der Waals surface area contributed by atoms with Crippen LogP contribution in [0.1, 0.15) is 37.4 Å². The predicted octanol–water partition coefficient (Wildman–Crippen LogP) is 2.03. The van der Waals surface area contributed by atoms with Gasteiger partial charge in [-0.2, -0.15) is 0 Å². The predicted molar refractivity (Wildman–Crippen MR) is 73.5 cm³/mol. The zero-order valence-corrected chi connectivity index (χ0v) is 11.7. The van der Waals surface area contributed by atoms with Gasteiger partial charge in [-0.05, 0) is 30.5 Å². The van der Waals surface area contributed by atoms with Gasteiger partial charge in [-0.3, -0.25) is 14.5 Å². The summed E-state index contributed by atoms with van der Waals surface area (Å²) in [5, 5.41) is 10.2. The van der Waals surface area contributed by atoms with Gasteiger partial charge in [-0.1, -0.05) is 25.0 Å². The van der Waals surface area contributed by atoms with Crippen LogP contribution in [0.2, 0.25) is 0 Å². The summed E-state index contributed by atoms with van der Waals surface area (Å²) in [6.45, 7) is -0.0892. The van der Waals surface area contributed by atoms with Gasteiger partial charge in [0.15, 0.2) is 0 Å². The maximum Gasteiger partial charge on any atom is 0.233 e. The quantitative estimate of drug-likeness (QED) is 0.867. The standard InChI is InChI=1S/C16H18FNO3/c17-11-5-3-4-10(8-11)14(19)9-18-15(20)12-6-1-2-7-13(12)16(18)21/h3-5,8,12-14,19H,1-2,6-7,9H2/t12-,13-,14+/m1/s1. The first-order chi connectivity index (χ1) is 10.1. The van der Waals surface area contributed by atoms with E-state index in [4.69, 9.17) is 0 Å². The van der Waals surface area contributed by atoms with Crippen LogP contribution in [-0.4, -0.2) is 28.4 Å². The summed E-state index contributed by atoms with van der Waals surface area (Å²) in [6, 6.07) is 5.60. The zero-order valence-electron chi connectivity index (χ0n) is 11.7. The highest BCUT2D eigenvalue weighted by molar-refractivity contribution is 6.05. The molecule has 3 atom stereocenters. The Morgan fingerprint density at radius 3 is 2.38 bits per heavy atom. The summed E-state index contributed by atoms with van der Waals surface area (Å²) in [4.78, 5) is 25.8. The second-order valence-electron chi connectivity index (χ2n) is 5.86. The molecule has 2 amide bonds. The van der Waals surface area contributed by atoms with Crippen molar-refractivity contribution >= 4 is 11.8 Å². The molecular weight excluding hydrogens is 273 g/mol. The molecule has 1 heterocycles. The van der Waals surface area contributed by atoms with Gasteiger partial charge in [-0.15, -0.1) is 0 Å². The normalized spacial score (nSPS) is 26.9. The number of hydrogen-bond donors (Lipinski definition) is 1. The van der Waals surface area contributed by atoms with Crippen molar-refractivity contribution in [3.63, 3.8) is 0 Å². The molecule has 21 heavy (non-hydrogen) atoms. The minimum absolute atomic E-state index is 0.0892. The molecule has 2 aliphatic rings. The number of rotatable bonds is 3. The summed E-state index contributed by atoms with van der Waals surface area (Å²) >= 11 is 0. The van der Waals surface area contributed by atoms with E-state index in [-0.39, 0.29) is 30.2 Å². The topological polar surface area (TPSA) is 57.6 Å². The van der Waals surface area contributed by atoms with E-state index in [2.05, 4.69) is 0 Å². The summed E-state index contributed by atoms with van der Waals surface area (Å²) in [5.74, 6) is -1.24. The van der Waals surface area contributed by atoms with Crippen molar-refractivity contribution in [3.8, 4) is 0 Å². The van der Waals surface area contributed by atoms with Crippen LogP contribution in [0.4, 0.5) is 4.39 Å². The average molecular weight is 291 g/mol. The Kier molecular flexibility index (Phi) is 3.76.